The summed E-state index contributed by atoms with van der Waals surface area (Å²) in [6.07, 6.45) is 3.09. The van der Waals surface area contributed by atoms with Gasteiger partial charge in [0.1, 0.15) is 5.82 Å². The topological polar surface area (TPSA) is 64.4 Å². The largest absolute Gasteiger partial charge is 0.371 e. The molecule has 1 aliphatic heterocycles. The summed E-state index contributed by atoms with van der Waals surface area (Å²) >= 11 is 0. The van der Waals surface area contributed by atoms with E-state index >= 15 is 0 Å². The van der Waals surface area contributed by atoms with Gasteiger partial charge in [-0.15, -0.1) is 0 Å². The van der Waals surface area contributed by atoms with Crippen molar-refractivity contribution in [2.75, 3.05) is 19.7 Å². The van der Waals surface area contributed by atoms with Gasteiger partial charge < -0.3 is 4.74 Å². The van der Waals surface area contributed by atoms with E-state index in [0.717, 1.165) is 5.56 Å². The Bertz CT molecular complexity index is 819. The van der Waals surface area contributed by atoms with Crippen molar-refractivity contribution >= 4 is 10.0 Å². The van der Waals surface area contributed by atoms with E-state index in [-0.39, 0.29) is 36.3 Å². The number of morpholine rings is 1. The molecular weight excluding hydrogens is 321 g/mol. The number of aromatic nitrogens is 2. The average molecular weight is 339 g/mol. The van der Waals surface area contributed by atoms with Crippen molar-refractivity contribution in [2.45, 2.75) is 17.9 Å². The third-order valence-electron chi connectivity index (χ3n) is 3.96. The minimum Gasteiger partial charge on any atom is -0.371 e. The SMILES string of the molecule is Cc1c(F)cccc1S(=O)(=O)N1CCO[C@H](c2cnn(C)c2)C1. The van der Waals surface area contributed by atoms with Crippen LogP contribution in [0.3, 0.4) is 0 Å². The predicted molar refractivity (Wildman–Crippen MR) is 81.8 cm³/mol. The molecule has 0 aliphatic carbocycles. The van der Waals surface area contributed by atoms with Crippen molar-refractivity contribution in [3.8, 4) is 0 Å². The minimum absolute atomic E-state index is 0.00402. The Kier molecular flexibility index (Phi) is 4.22. The van der Waals surface area contributed by atoms with Gasteiger partial charge in [-0.1, -0.05) is 6.07 Å². The summed E-state index contributed by atoms with van der Waals surface area (Å²) in [5, 5.41) is 4.08. The molecule has 0 bridgehead atoms. The second-order valence-electron chi connectivity index (χ2n) is 5.53. The fraction of sp³-hybridized carbons (Fsp3) is 0.400. The maximum absolute atomic E-state index is 13.7. The molecule has 2 heterocycles. The van der Waals surface area contributed by atoms with Crippen molar-refractivity contribution in [1.82, 2.24) is 14.1 Å². The fourth-order valence-corrected chi connectivity index (χ4v) is 4.32. The maximum atomic E-state index is 13.7. The van der Waals surface area contributed by atoms with Gasteiger partial charge in [0.2, 0.25) is 10.0 Å². The van der Waals surface area contributed by atoms with Gasteiger partial charge >= 0.3 is 0 Å². The van der Waals surface area contributed by atoms with Crippen LogP contribution in [-0.2, 0) is 21.8 Å². The first-order valence-corrected chi connectivity index (χ1v) is 8.69. The van der Waals surface area contributed by atoms with E-state index in [9.17, 15) is 12.8 Å². The Labute approximate surface area is 134 Å². The normalized spacial score (nSPS) is 19.9. The van der Waals surface area contributed by atoms with Crippen molar-refractivity contribution in [3.05, 3.63) is 47.5 Å². The molecule has 0 radical (unpaired) electrons. The number of hydrogen-bond donors (Lipinski definition) is 0. The summed E-state index contributed by atoms with van der Waals surface area (Å²) in [6.45, 7) is 2.19. The van der Waals surface area contributed by atoms with Crippen LogP contribution in [0.25, 0.3) is 0 Å². The lowest BCUT2D eigenvalue weighted by molar-refractivity contribution is -0.00260. The van der Waals surface area contributed by atoms with Crippen molar-refractivity contribution < 1.29 is 17.5 Å². The molecule has 1 saturated heterocycles. The van der Waals surface area contributed by atoms with E-state index in [1.165, 1.54) is 29.4 Å². The maximum Gasteiger partial charge on any atom is 0.243 e. The van der Waals surface area contributed by atoms with Crippen LogP contribution in [0.4, 0.5) is 4.39 Å². The van der Waals surface area contributed by atoms with Gasteiger partial charge in [-0.3, -0.25) is 4.68 Å². The minimum atomic E-state index is -3.76. The molecule has 0 N–H and O–H groups in total. The van der Waals surface area contributed by atoms with Gasteiger partial charge in [-0.25, -0.2) is 12.8 Å². The number of hydrogen-bond acceptors (Lipinski definition) is 4. The lowest BCUT2D eigenvalue weighted by Gasteiger charge is -2.32. The Morgan fingerprint density at radius 2 is 2.17 bits per heavy atom. The zero-order valence-electron chi connectivity index (χ0n) is 12.9. The van der Waals surface area contributed by atoms with Crippen LogP contribution in [0.15, 0.2) is 35.5 Å². The van der Waals surface area contributed by atoms with Crippen LogP contribution >= 0.6 is 0 Å². The summed E-state index contributed by atoms with van der Waals surface area (Å²) in [6, 6.07) is 4.10. The second-order valence-corrected chi connectivity index (χ2v) is 7.44. The van der Waals surface area contributed by atoms with Crippen LogP contribution in [0.5, 0.6) is 0 Å². The summed E-state index contributed by atoms with van der Waals surface area (Å²) in [7, 11) is -1.97. The molecule has 124 valence electrons. The summed E-state index contributed by atoms with van der Waals surface area (Å²) in [5.74, 6) is -0.525. The number of ether oxygens (including phenoxy) is 1. The predicted octanol–water partition coefficient (Wildman–Crippen LogP) is 1.63. The van der Waals surface area contributed by atoms with Gasteiger partial charge in [0.05, 0.1) is 23.8 Å². The molecule has 1 aromatic heterocycles. The van der Waals surface area contributed by atoms with Gasteiger partial charge in [-0.2, -0.15) is 9.40 Å². The van der Waals surface area contributed by atoms with E-state index in [2.05, 4.69) is 5.10 Å². The molecule has 1 atom stereocenters. The van der Waals surface area contributed by atoms with Crippen LogP contribution in [0.2, 0.25) is 0 Å². The molecule has 23 heavy (non-hydrogen) atoms. The summed E-state index contributed by atoms with van der Waals surface area (Å²) in [4.78, 5) is 0.00402. The van der Waals surface area contributed by atoms with Crippen LogP contribution in [-0.4, -0.2) is 42.2 Å². The van der Waals surface area contributed by atoms with E-state index in [1.54, 1.807) is 24.1 Å². The number of rotatable bonds is 3. The molecule has 2 aromatic rings. The smallest absolute Gasteiger partial charge is 0.243 e. The first-order chi connectivity index (χ1) is 10.9. The molecule has 0 unspecified atom stereocenters. The van der Waals surface area contributed by atoms with E-state index < -0.39 is 15.8 Å². The first kappa shape index (κ1) is 16.1. The second kappa shape index (κ2) is 6.03. The number of nitrogens with zero attached hydrogens (tertiary/aromatic N) is 3. The molecule has 8 heteroatoms. The molecule has 1 aromatic carbocycles. The zero-order chi connectivity index (χ0) is 16.6. The monoisotopic (exact) mass is 339 g/mol. The highest BCUT2D eigenvalue weighted by molar-refractivity contribution is 7.89. The third kappa shape index (κ3) is 3.01. The highest BCUT2D eigenvalue weighted by Crippen LogP contribution is 2.28. The summed E-state index contributed by atoms with van der Waals surface area (Å²) < 4.78 is 48.0. The van der Waals surface area contributed by atoms with E-state index in [4.69, 9.17) is 4.74 Å². The number of aryl methyl sites for hydroxylation is 1. The fourth-order valence-electron chi connectivity index (χ4n) is 2.66. The quantitative estimate of drug-likeness (QED) is 0.853. The number of benzene rings is 1. The molecule has 0 saturated carbocycles. The zero-order valence-corrected chi connectivity index (χ0v) is 13.8. The number of halogens is 1. The van der Waals surface area contributed by atoms with Gasteiger partial charge in [0, 0.05) is 37.5 Å². The molecular formula is C15H18FN3O3S. The molecule has 1 fully saturated rings. The van der Waals surface area contributed by atoms with E-state index in [0.29, 0.717) is 0 Å². The van der Waals surface area contributed by atoms with Crippen molar-refractivity contribution in [3.63, 3.8) is 0 Å². The Hall–Kier alpha value is -1.77. The number of sulfonamides is 1. The summed E-state index contributed by atoms with van der Waals surface area (Å²) in [5.41, 5.74) is 0.959. The Morgan fingerprint density at radius 1 is 1.39 bits per heavy atom. The van der Waals surface area contributed by atoms with Gasteiger partial charge in [0.25, 0.3) is 0 Å². The standard InChI is InChI=1S/C15H18FN3O3S/c1-11-13(16)4-3-5-15(11)23(20,21)19-6-7-22-14(10-19)12-8-17-18(2)9-12/h3-5,8-9,14H,6-7,10H2,1-2H3/t14-/m0/s1. The lowest BCUT2D eigenvalue weighted by Crippen LogP contribution is -2.42. The molecule has 0 amide bonds. The lowest BCUT2D eigenvalue weighted by atomic mass is 10.2. The van der Waals surface area contributed by atoms with Gasteiger partial charge in [-0.05, 0) is 19.1 Å². The molecule has 0 spiro atoms. The van der Waals surface area contributed by atoms with Crippen molar-refractivity contribution in [1.29, 1.82) is 0 Å². The van der Waals surface area contributed by atoms with Gasteiger partial charge in [0.15, 0.2) is 0 Å². The van der Waals surface area contributed by atoms with Crippen molar-refractivity contribution in [2.24, 2.45) is 7.05 Å². The van der Waals surface area contributed by atoms with Crippen LogP contribution in [0, 0.1) is 12.7 Å². The van der Waals surface area contributed by atoms with E-state index in [1.807, 2.05) is 0 Å². The van der Waals surface area contributed by atoms with Crippen LogP contribution in [0.1, 0.15) is 17.2 Å². The molecule has 1 aliphatic rings. The first-order valence-electron chi connectivity index (χ1n) is 7.25. The third-order valence-corrected chi connectivity index (χ3v) is 5.97. The molecule has 3 rings (SSSR count). The Balaban J connectivity index is 1.89. The average Bonchev–Trinajstić information content (AvgIpc) is 2.96. The Morgan fingerprint density at radius 3 is 2.87 bits per heavy atom. The highest BCUT2D eigenvalue weighted by atomic mass is 32.2. The molecule has 6 nitrogen and oxygen atoms in total. The highest BCUT2D eigenvalue weighted by Gasteiger charge is 2.33. The van der Waals surface area contributed by atoms with Crippen LogP contribution < -0.4 is 0 Å².